The standard InChI is InChI=1S/C28H31F4N3O4/c1-39-19-2-3-24-20(14-19)25(17(16-36)15-34-24)21(30)4-5-28(27(37)38)6-9-35(10-7-28)11-8-33-26-22(31)12-18(29)13-23(26)32/h2-3,12-15,21,33,36H,4-11,16H2,1H3,(H,37,38)/t21-/m0/s1. The van der Waals surface area contributed by atoms with Crippen LogP contribution >= 0.6 is 0 Å². The molecule has 210 valence electrons. The number of nitrogens with zero attached hydrogens (tertiary/aromatic N) is 2. The lowest BCUT2D eigenvalue weighted by atomic mass is 9.74. The van der Waals surface area contributed by atoms with Crippen LogP contribution in [0.15, 0.2) is 36.5 Å². The van der Waals surface area contributed by atoms with E-state index >= 15 is 4.39 Å². The van der Waals surface area contributed by atoms with E-state index in [-0.39, 0.29) is 37.8 Å². The quantitative estimate of drug-likeness (QED) is 0.282. The number of carbonyl (C=O) groups is 1. The number of aliphatic hydroxyl groups is 1. The van der Waals surface area contributed by atoms with Crippen molar-refractivity contribution < 1.29 is 37.3 Å². The summed E-state index contributed by atoms with van der Waals surface area (Å²) in [6, 6.07) is 6.27. The number of hydrogen-bond acceptors (Lipinski definition) is 6. The van der Waals surface area contributed by atoms with Crippen molar-refractivity contribution in [1.29, 1.82) is 0 Å². The topological polar surface area (TPSA) is 94.9 Å². The molecule has 2 aromatic carbocycles. The van der Waals surface area contributed by atoms with Gasteiger partial charge >= 0.3 is 5.97 Å². The Kier molecular flexibility index (Phi) is 8.91. The first-order valence-electron chi connectivity index (χ1n) is 12.7. The fraction of sp³-hybridized carbons (Fsp3) is 0.429. The van der Waals surface area contributed by atoms with Gasteiger partial charge in [-0.15, -0.1) is 0 Å². The van der Waals surface area contributed by atoms with Crippen molar-refractivity contribution in [2.24, 2.45) is 5.41 Å². The van der Waals surface area contributed by atoms with Gasteiger partial charge in [0.25, 0.3) is 0 Å². The maximum Gasteiger partial charge on any atom is 0.309 e. The zero-order valence-electron chi connectivity index (χ0n) is 21.5. The number of likely N-dealkylation sites (tertiary alicyclic amines) is 1. The number of methoxy groups -OCH3 is 1. The number of carboxylic acids is 1. The van der Waals surface area contributed by atoms with Crippen molar-refractivity contribution in [3.63, 3.8) is 0 Å². The number of carboxylic acid groups (broad SMARTS) is 1. The summed E-state index contributed by atoms with van der Waals surface area (Å²) >= 11 is 0. The molecule has 1 aromatic heterocycles. The number of aliphatic carboxylic acids is 1. The molecule has 0 bridgehead atoms. The predicted molar refractivity (Wildman–Crippen MR) is 138 cm³/mol. The molecular formula is C28H31F4N3O4. The van der Waals surface area contributed by atoms with Gasteiger partial charge in [-0.25, -0.2) is 17.6 Å². The van der Waals surface area contributed by atoms with E-state index in [1.165, 1.54) is 13.3 Å². The molecular weight excluding hydrogens is 518 g/mol. The predicted octanol–water partition coefficient (Wildman–Crippen LogP) is 5.22. The lowest BCUT2D eigenvalue weighted by molar-refractivity contribution is -0.153. The van der Waals surface area contributed by atoms with Gasteiger partial charge in [-0.2, -0.15) is 0 Å². The minimum atomic E-state index is -1.52. The van der Waals surface area contributed by atoms with Gasteiger partial charge in [0, 0.05) is 47.9 Å². The molecule has 2 heterocycles. The Labute approximate surface area is 223 Å². The summed E-state index contributed by atoms with van der Waals surface area (Å²) < 4.78 is 61.8. The second-order valence-electron chi connectivity index (χ2n) is 9.84. The molecule has 3 N–H and O–H groups in total. The third-order valence-corrected chi connectivity index (χ3v) is 7.56. The number of ether oxygens (including phenoxy) is 1. The van der Waals surface area contributed by atoms with Crippen LogP contribution in [0.1, 0.15) is 43.0 Å². The van der Waals surface area contributed by atoms with E-state index in [1.807, 2.05) is 4.90 Å². The van der Waals surface area contributed by atoms with E-state index in [2.05, 4.69) is 10.3 Å². The Morgan fingerprint density at radius 2 is 1.87 bits per heavy atom. The van der Waals surface area contributed by atoms with E-state index in [0.717, 1.165) is 0 Å². The van der Waals surface area contributed by atoms with Crippen LogP contribution in [0.25, 0.3) is 10.9 Å². The van der Waals surface area contributed by atoms with Crippen molar-refractivity contribution in [1.82, 2.24) is 9.88 Å². The van der Waals surface area contributed by atoms with Gasteiger partial charge in [0.05, 0.1) is 24.6 Å². The summed E-state index contributed by atoms with van der Waals surface area (Å²) in [7, 11) is 1.50. The molecule has 3 aromatic rings. The molecule has 0 spiro atoms. The summed E-state index contributed by atoms with van der Waals surface area (Å²) in [4.78, 5) is 18.6. The number of piperidine rings is 1. The number of hydrogen-bond donors (Lipinski definition) is 3. The van der Waals surface area contributed by atoms with Crippen LogP contribution in [0.5, 0.6) is 5.75 Å². The molecule has 0 unspecified atom stereocenters. The van der Waals surface area contributed by atoms with Crippen LogP contribution in [0.2, 0.25) is 0 Å². The first-order chi connectivity index (χ1) is 18.7. The zero-order chi connectivity index (χ0) is 28.2. The smallest absolute Gasteiger partial charge is 0.309 e. The van der Waals surface area contributed by atoms with Gasteiger partial charge in [0.1, 0.15) is 23.4 Å². The number of fused-ring (bicyclic) bond motifs is 1. The SMILES string of the molecule is COc1ccc2ncc(CO)c([C@@H](F)CCC3(C(=O)O)CCN(CCNc4c(F)cc(F)cc4F)CC3)c2c1. The Morgan fingerprint density at radius 1 is 1.18 bits per heavy atom. The van der Waals surface area contributed by atoms with E-state index in [9.17, 15) is 28.2 Å². The molecule has 1 atom stereocenters. The largest absolute Gasteiger partial charge is 0.497 e. The maximum atomic E-state index is 15.8. The molecule has 11 heteroatoms. The molecule has 39 heavy (non-hydrogen) atoms. The number of pyridine rings is 1. The van der Waals surface area contributed by atoms with Crippen molar-refractivity contribution >= 4 is 22.6 Å². The fourth-order valence-corrected chi connectivity index (χ4v) is 5.23. The Morgan fingerprint density at radius 3 is 2.49 bits per heavy atom. The second kappa shape index (κ2) is 12.2. The summed E-state index contributed by atoms with van der Waals surface area (Å²) in [5.74, 6) is -3.53. The van der Waals surface area contributed by atoms with Gasteiger partial charge in [0.2, 0.25) is 0 Å². The van der Waals surface area contributed by atoms with Gasteiger partial charge < -0.3 is 25.2 Å². The molecule has 1 aliphatic heterocycles. The zero-order valence-corrected chi connectivity index (χ0v) is 21.5. The van der Waals surface area contributed by atoms with Crippen LogP contribution in [0, 0.1) is 22.9 Å². The number of alkyl halides is 1. The molecule has 4 rings (SSSR count). The molecule has 0 radical (unpaired) electrons. The highest BCUT2D eigenvalue weighted by Crippen LogP contribution is 2.41. The summed E-state index contributed by atoms with van der Waals surface area (Å²) in [6.07, 6.45) is 0.516. The monoisotopic (exact) mass is 549 g/mol. The van der Waals surface area contributed by atoms with E-state index in [0.29, 0.717) is 54.0 Å². The maximum absolute atomic E-state index is 15.8. The highest BCUT2D eigenvalue weighted by molar-refractivity contribution is 5.85. The minimum Gasteiger partial charge on any atom is -0.497 e. The Balaban J connectivity index is 1.39. The third-order valence-electron chi connectivity index (χ3n) is 7.56. The first kappa shape index (κ1) is 28.6. The number of aromatic nitrogens is 1. The van der Waals surface area contributed by atoms with E-state index in [1.54, 1.807) is 18.2 Å². The normalized spacial score (nSPS) is 16.3. The van der Waals surface area contributed by atoms with Crippen LogP contribution < -0.4 is 10.1 Å². The van der Waals surface area contributed by atoms with Gasteiger partial charge in [-0.1, -0.05) is 0 Å². The van der Waals surface area contributed by atoms with E-state index in [4.69, 9.17) is 4.74 Å². The molecule has 0 aliphatic carbocycles. The highest BCUT2D eigenvalue weighted by atomic mass is 19.1. The third kappa shape index (κ3) is 6.25. The molecule has 1 saturated heterocycles. The number of rotatable bonds is 11. The average Bonchev–Trinajstić information content (AvgIpc) is 2.92. The number of aliphatic hydroxyl groups excluding tert-OH is 1. The molecule has 1 fully saturated rings. The summed E-state index contributed by atoms with van der Waals surface area (Å²) in [6.45, 7) is 0.985. The van der Waals surface area contributed by atoms with Crippen LogP contribution in [0.3, 0.4) is 0 Å². The van der Waals surface area contributed by atoms with Gasteiger partial charge in [-0.3, -0.25) is 9.78 Å². The average molecular weight is 550 g/mol. The van der Waals surface area contributed by atoms with Crippen LogP contribution in [-0.2, 0) is 11.4 Å². The second-order valence-corrected chi connectivity index (χ2v) is 9.84. The van der Waals surface area contributed by atoms with Crippen molar-refractivity contribution in [2.45, 2.75) is 38.5 Å². The molecule has 0 amide bonds. The summed E-state index contributed by atoms with van der Waals surface area (Å²) in [5.41, 5.74) is -0.370. The minimum absolute atomic E-state index is 0.0553. The lowest BCUT2D eigenvalue weighted by Crippen LogP contribution is -2.45. The van der Waals surface area contributed by atoms with Crippen LogP contribution in [0.4, 0.5) is 23.2 Å². The van der Waals surface area contributed by atoms with Gasteiger partial charge in [-0.05, 0) is 57.0 Å². The van der Waals surface area contributed by atoms with Crippen LogP contribution in [-0.4, -0.2) is 59.4 Å². The number of anilines is 1. The van der Waals surface area contributed by atoms with Crippen molar-refractivity contribution in [3.05, 3.63) is 65.1 Å². The number of benzene rings is 2. The summed E-state index contributed by atoms with van der Waals surface area (Å²) in [5, 5.41) is 23.0. The first-order valence-corrected chi connectivity index (χ1v) is 12.7. The lowest BCUT2D eigenvalue weighted by Gasteiger charge is -2.39. The van der Waals surface area contributed by atoms with Crippen molar-refractivity contribution in [2.75, 3.05) is 38.6 Å². The van der Waals surface area contributed by atoms with Crippen molar-refractivity contribution in [3.8, 4) is 5.75 Å². The number of halogens is 4. The number of nitrogens with one attached hydrogen (secondary N) is 1. The fourth-order valence-electron chi connectivity index (χ4n) is 5.23. The molecule has 0 saturated carbocycles. The molecule has 7 nitrogen and oxygen atoms in total. The molecule has 1 aliphatic rings. The highest BCUT2D eigenvalue weighted by Gasteiger charge is 2.41. The Hall–Kier alpha value is -3.44. The van der Waals surface area contributed by atoms with Gasteiger partial charge in [0.15, 0.2) is 11.6 Å². The Bertz CT molecular complexity index is 1300. The van der Waals surface area contributed by atoms with E-state index < -0.39 is 47.3 Å².